The number of sulfonamides is 1. The van der Waals surface area contributed by atoms with Crippen LogP contribution in [-0.2, 0) is 23.0 Å². The average Bonchev–Trinajstić information content (AvgIpc) is 3.49. The van der Waals surface area contributed by atoms with E-state index in [0.717, 1.165) is 31.2 Å². The van der Waals surface area contributed by atoms with Crippen molar-refractivity contribution in [2.45, 2.75) is 58.0 Å². The van der Waals surface area contributed by atoms with Crippen LogP contribution in [0.4, 0.5) is 0 Å². The van der Waals surface area contributed by atoms with Gasteiger partial charge in [-0.2, -0.15) is 0 Å². The third-order valence-corrected chi connectivity index (χ3v) is 7.17. The van der Waals surface area contributed by atoms with E-state index >= 15 is 0 Å². The standard InChI is InChI=1S/C23H32N2O2S/c1-3-23(24)22(13-18-7-5-4-6-8-18)21-14-20(10-9-17(21)2)15-25-28(26,27)16-19-11-12-19/h4-10,14,19,22-23,25H,3,11-13,15-16,24H2,1-2H3. The topological polar surface area (TPSA) is 72.2 Å². The molecule has 4 nitrogen and oxygen atoms in total. The van der Waals surface area contributed by atoms with Crippen molar-refractivity contribution in [3.05, 3.63) is 70.8 Å². The lowest BCUT2D eigenvalue weighted by atomic mass is 9.82. The summed E-state index contributed by atoms with van der Waals surface area (Å²) in [5.74, 6) is 0.808. The molecule has 0 saturated heterocycles. The third kappa shape index (κ3) is 5.90. The van der Waals surface area contributed by atoms with Crippen LogP contribution in [0.3, 0.4) is 0 Å². The van der Waals surface area contributed by atoms with Crippen LogP contribution >= 0.6 is 0 Å². The van der Waals surface area contributed by atoms with Gasteiger partial charge in [-0.25, -0.2) is 13.1 Å². The number of aryl methyl sites for hydroxylation is 1. The lowest BCUT2D eigenvalue weighted by molar-refractivity contribution is 0.512. The second-order valence-electron chi connectivity index (χ2n) is 8.11. The Hall–Kier alpha value is -1.69. The first-order valence-corrected chi connectivity index (χ1v) is 11.9. The van der Waals surface area contributed by atoms with E-state index in [1.807, 2.05) is 12.1 Å². The van der Waals surface area contributed by atoms with Crippen LogP contribution in [0.2, 0.25) is 0 Å². The fourth-order valence-electron chi connectivity index (χ4n) is 3.69. The summed E-state index contributed by atoms with van der Waals surface area (Å²) in [6.07, 6.45) is 3.85. The van der Waals surface area contributed by atoms with E-state index in [0.29, 0.717) is 12.5 Å². The molecule has 0 bridgehead atoms. The Morgan fingerprint density at radius 3 is 2.46 bits per heavy atom. The van der Waals surface area contributed by atoms with E-state index in [4.69, 9.17) is 5.73 Å². The quantitative estimate of drug-likeness (QED) is 0.635. The number of nitrogens with one attached hydrogen (secondary N) is 1. The molecule has 2 aromatic carbocycles. The Bertz CT molecular complexity index is 877. The monoisotopic (exact) mass is 400 g/mol. The molecule has 0 aliphatic heterocycles. The summed E-state index contributed by atoms with van der Waals surface area (Å²) in [5, 5.41) is 0. The van der Waals surface area contributed by atoms with E-state index < -0.39 is 10.0 Å². The fraction of sp³-hybridized carbons (Fsp3) is 0.478. The zero-order valence-corrected chi connectivity index (χ0v) is 17.7. The highest BCUT2D eigenvalue weighted by Crippen LogP contribution is 2.31. The molecule has 2 unspecified atom stereocenters. The summed E-state index contributed by atoms with van der Waals surface area (Å²) in [6, 6.07) is 16.7. The van der Waals surface area contributed by atoms with Gasteiger partial charge in [0.25, 0.3) is 0 Å². The van der Waals surface area contributed by atoms with Gasteiger partial charge >= 0.3 is 0 Å². The van der Waals surface area contributed by atoms with Crippen LogP contribution in [0.1, 0.15) is 54.4 Å². The molecule has 152 valence electrons. The molecule has 2 atom stereocenters. The van der Waals surface area contributed by atoms with Gasteiger partial charge in [0.2, 0.25) is 10.0 Å². The van der Waals surface area contributed by atoms with Gasteiger partial charge in [-0.15, -0.1) is 0 Å². The Labute approximate surface area is 169 Å². The third-order valence-electron chi connectivity index (χ3n) is 5.68. The lowest BCUT2D eigenvalue weighted by Gasteiger charge is -2.26. The van der Waals surface area contributed by atoms with E-state index in [1.54, 1.807) is 0 Å². The van der Waals surface area contributed by atoms with Crippen molar-refractivity contribution in [1.29, 1.82) is 0 Å². The highest BCUT2D eigenvalue weighted by Gasteiger charge is 2.28. The highest BCUT2D eigenvalue weighted by molar-refractivity contribution is 7.89. The molecule has 1 fully saturated rings. The number of benzene rings is 2. The van der Waals surface area contributed by atoms with Crippen molar-refractivity contribution in [1.82, 2.24) is 4.72 Å². The Kier molecular flexibility index (Phi) is 6.91. The number of nitrogens with two attached hydrogens (primary N) is 1. The van der Waals surface area contributed by atoms with Crippen LogP contribution in [0.5, 0.6) is 0 Å². The Morgan fingerprint density at radius 2 is 1.82 bits per heavy atom. The summed E-state index contributed by atoms with van der Waals surface area (Å²) in [6.45, 7) is 4.56. The molecule has 1 aliphatic rings. The largest absolute Gasteiger partial charge is 0.327 e. The molecule has 3 N–H and O–H groups in total. The molecule has 0 heterocycles. The predicted octanol–water partition coefficient (Wildman–Crippen LogP) is 3.89. The maximum atomic E-state index is 12.2. The van der Waals surface area contributed by atoms with Crippen molar-refractivity contribution >= 4 is 10.0 Å². The van der Waals surface area contributed by atoms with Gasteiger partial charge in [-0.05, 0) is 60.8 Å². The smallest absolute Gasteiger partial charge is 0.212 e. The molecule has 5 heteroatoms. The van der Waals surface area contributed by atoms with Crippen LogP contribution in [0.15, 0.2) is 48.5 Å². The van der Waals surface area contributed by atoms with E-state index in [9.17, 15) is 8.42 Å². The molecule has 3 rings (SSSR count). The van der Waals surface area contributed by atoms with Gasteiger partial charge in [0.1, 0.15) is 0 Å². The average molecular weight is 401 g/mol. The van der Waals surface area contributed by atoms with Crippen LogP contribution in [0.25, 0.3) is 0 Å². The first kappa shape index (κ1) is 21.0. The zero-order chi connectivity index (χ0) is 20.1. The predicted molar refractivity (Wildman–Crippen MR) is 116 cm³/mol. The minimum Gasteiger partial charge on any atom is -0.327 e. The maximum Gasteiger partial charge on any atom is 0.212 e. The molecule has 1 aliphatic carbocycles. The number of rotatable bonds is 10. The zero-order valence-electron chi connectivity index (χ0n) is 16.9. The summed E-state index contributed by atoms with van der Waals surface area (Å²) >= 11 is 0. The molecule has 0 amide bonds. The molecule has 1 saturated carbocycles. The second-order valence-corrected chi connectivity index (χ2v) is 9.96. The number of hydrogen-bond donors (Lipinski definition) is 2. The van der Waals surface area contributed by atoms with E-state index in [-0.39, 0.29) is 17.7 Å². The fourth-order valence-corrected chi connectivity index (χ4v) is 5.15. The van der Waals surface area contributed by atoms with Crippen molar-refractivity contribution in [2.24, 2.45) is 11.7 Å². The van der Waals surface area contributed by atoms with Crippen molar-refractivity contribution in [3.8, 4) is 0 Å². The number of hydrogen-bond acceptors (Lipinski definition) is 3. The van der Waals surface area contributed by atoms with Gasteiger partial charge in [0.05, 0.1) is 5.75 Å². The summed E-state index contributed by atoms with van der Waals surface area (Å²) in [5.41, 5.74) is 11.2. The molecule has 0 radical (unpaired) electrons. The van der Waals surface area contributed by atoms with Gasteiger partial charge in [0, 0.05) is 18.5 Å². The maximum absolute atomic E-state index is 12.2. The van der Waals surface area contributed by atoms with Gasteiger partial charge in [-0.1, -0.05) is 55.5 Å². The normalized spacial score (nSPS) is 16.7. The summed E-state index contributed by atoms with van der Waals surface area (Å²) in [4.78, 5) is 0. The van der Waals surface area contributed by atoms with Crippen molar-refractivity contribution in [3.63, 3.8) is 0 Å². The molecule has 28 heavy (non-hydrogen) atoms. The van der Waals surface area contributed by atoms with Crippen LogP contribution < -0.4 is 10.5 Å². The first-order valence-electron chi connectivity index (χ1n) is 10.2. The molecule has 2 aromatic rings. The van der Waals surface area contributed by atoms with E-state index in [2.05, 4.69) is 55.0 Å². The summed E-state index contributed by atoms with van der Waals surface area (Å²) < 4.78 is 27.2. The highest BCUT2D eigenvalue weighted by atomic mass is 32.2. The Balaban J connectivity index is 1.78. The van der Waals surface area contributed by atoms with Gasteiger partial charge < -0.3 is 5.73 Å². The van der Waals surface area contributed by atoms with Gasteiger partial charge in [-0.3, -0.25) is 0 Å². The minimum absolute atomic E-state index is 0.0562. The van der Waals surface area contributed by atoms with Gasteiger partial charge in [0.15, 0.2) is 0 Å². The molecular weight excluding hydrogens is 368 g/mol. The second kappa shape index (κ2) is 9.21. The summed E-state index contributed by atoms with van der Waals surface area (Å²) in [7, 11) is -3.20. The SMILES string of the molecule is CCC(N)C(Cc1ccccc1)c1cc(CNS(=O)(=O)CC2CC2)ccc1C. The first-order chi connectivity index (χ1) is 13.4. The molecular formula is C23H32N2O2S. The van der Waals surface area contributed by atoms with E-state index in [1.165, 1.54) is 16.7 Å². The molecule has 0 aromatic heterocycles. The minimum atomic E-state index is -3.20. The lowest BCUT2D eigenvalue weighted by Crippen LogP contribution is -2.30. The van der Waals surface area contributed by atoms with Crippen molar-refractivity contribution in [2.75, 3.05) is 5.75 Å². The van der Waals surface area contributed by atoms with Crippen molar-refractivity contribution < 1.29 is 8.42 Å². The molecule has 0 spiro atoms. The Morgan fingerprint density at radius 1 is 1.11 bits per heavy atom. The van der Waals surface area contributed by atoms with Crippen LogP contribution in [0, 0.1) is 12.8 Å². The van der Waals surface area contributed by atoms with Crippen LogP contribution in [-0.4, -0.2) is 20.2 Å².